The predicted octanol–water partition coefficient (Wildman–Crippen LogP) is 9.71. The minimum absolute atomic E-state index is 0.127. The third kappa shape index (κ3) is 3.89. The van der Waals surface area contributed by atoms with Crippen molar-refractivity contribution in [2.75, 3.05) is 7.05 Å². The molecule has 0 radical (unpaired) electrons. The molecular weight excluding hydrogens is 556 g/mol. The van der Waals surface area contributed by atoms with Crippen molar-refractivity contribution in [3.63, 3.8) is 0 Å². The highest BCUT2D eigenvalue weighted by molar-refractivity contribution is 6.17. The maximum atomic E-state index is 9.23. The lowest BCUT2D eigenvalue weighted by Gasteiger charge is -2.10. The summed E-state index contributed by atoms with van der Waals surface area (Å²) >= 11 is 0. The molecule has 6 aromatic carbocycles. The number of hydrogen-bond donors (Lipinski definition) is 2. The van der Waals surface area contributed by atoms with Crippen LogP contribution >= 0.6 is 0 Å². The first-order valence-corrected chi connectivity index (χ1v) is 14.9. The minimum atomic E-state index is 0.127. The molecule has 0 aliphatic rings. The van der Waals surface area contributed by atoms with Crippen LogP contribution in [0.25, 0.3) is 76.8 Å². The first kappa shape index (κ1) is 25.4. The second kappa shape index (κ2) is 9.69. The summed E-state index contributed by atoms with van der Waals surface area (Å²) in [4.78, 5) is 4.83. The summed E-state index contributed by atoms with van der Waals surface area (Å²) in [5.41, 5.74) is 8.39. The van der Waals surface area contributed by atoms with Crippen molar-refractivity contribution >= 4 is 77.5 Å². The Labute approximate surface area is 257 Å². The van der Waals surface area contributed by atoms with Gasteiger partial charge in [-0.2, -0.15) is 4.99 Å². The quantitative estimate of drug-likeness (QED) is 0.157. The van der Waals surface area contributed by atoms with Gasteiger partial charge in [0.05, 0.1) is 11.0 Å². The Bertz CT molecular complexity index is 2670. The van der Waals surface area contributed by atoms with Gasteiger partial charge in [0, 0.05) is 44.9 Å². The average Bonchev–Trinajstić information content (AvgIpc) is 3.75. The second-order valence-corrected chi connectivity index (χ2v) is 11.2. The van der Waals surface area contributed by atoms with E-state index in [0.717, 1.165) is 82.4 Å². The largest absolute Gasteiger partial charge is 0.456 e. The SMILES string of the molecule is CN/C(=N\C(=N)n1c2ccccc2c2cc(-c3ccc4oc5ccccc5c4c3)ccc21)c1ccc2oc3ccccc3c2c1. The Kier molecular flexibility index (Phi) is 5.46. The van der Waals surface area contributed by atoms with E-state index in [9.17, 15) is 5.41 Å². The molecule has 6 nitrogen and oxygen atoms in total. The predicted molar refractivity (Wildman–Crippen MR) is 185 cm³/mol. The Hall–Kier alpha value is -6.14. The van der Waals surface area contributed by atoms with Crippen LogP contribution in [0.4, 0.5) is 0 Å². The molecule has 0 amide bonds. The molecule has 0 atom stereocenters. The lowest BCUT2D eigenvalue weighted by Crippen LogP contribution is -2.23. The van der Waals surface area contributed by atoms with Crippen molar-refractivity contribution in [2.24, 2.45) is 4.99 Å². The van der Waals surface area contributed by atoms with E-state index >= 15 is 0 Å². The zero-order valence-corrected chi connectivity index (χ0v) is 24.3. The number of benzene rings is 6. The summed E-state index contributed by atoms with van der Waals surface area (Å²) in [6.45, 7) is 0. The van der Waals surface area contributed by atoms with Gasteiger partial charge in [0.2, 0.25) is 5.96 Å². The number of aromatic nitrogens is 1. The van der Waals surface area contributed by atoms with Crippen LogP contribution in [0, 0.1) is 5.41 Å². The number of fused-ring (bicyclic) bond motifs is 9. The van der Waals surface area contributed by atoms with Crippen molar-refractivity contribution in [1.82, 2.24) is 9.88 Å². The first-order chi connectivity index (χ1) is 22.2. The van der Waals surface area contributed by atoms with Crippen LogP contribution in [-0.2, 0) is 0 Å². The normalized spacial score (nSPS) is 12.3. The topological polar surface area (TPSA) is 79.5 Å². The van der Waals surface area contributed by atoms with Gasteiger partial charge in [-0.1, -0.05) is 66.7 Å². The van der Waals surface area contributed by atoms with Crippen molar-refractivity contribution in [2.45, 2.75) is 0 Å². The highest BCUT2D eigenvalue weighted by atomic mass is 16.3. The van der Waals surface area contributed by atoms with Crippen LogP contribution in [0.15, 0.2) is 141 Å². The van der Waals surface area contributed by atoms with E-state index in [-0.39, 0.29) is 5.96 Å². The fourth-order valence-electron chi connectivity index (χ4n) is 6.58. The van der Waals surface area contributed by atoms with Crippen molar-refractivity contribution in [3.8, 4) is 11.1 Å². The molecule has 9 aromatic rings. The van der Waals surface area contributed by atoms with Crippen LogP contribution in [0.1, 0.15) is 5.56 Å². The monoisotopic (exact) mass is 582 g/mol. The summed E-state index contributed by atoms with van der Waals surface area (Å²) in [7, 11) is 1.84. The maximum absolute atomic E-state index is 9.23. The summed E-state index contributed by atoms with van der Waals surface area (Å²) in [6, 6.07) is 43.2. The zero-order chi connectivity index (χ0) is 30.1. The van der Waals surface area contributed by atoms with E-state index in [1.807, 2.05) is 84.4 Å². The van der Waals surface area contributed by atoms with Crippen LogP contribution in [0.3, 0.4) is 0 Å². The Morgan fingerprint density at radius 1 is 0.556 bits per heavy atom. The van der Waals surface area contributed by atoms with Gasteiger partial charge >= 0.3 is 0 Å². The summed E-state index contributed by atoms with van der Waals surface area (Å²) in [5, 5.41) is 18.9. The Morgan fingerprint density at radius 3 is 1.80 bits per heavy atom. The highest BCUT2D eigenvalue weighted by Gasteiger charge is 2.17. The Morgan fingerprint density at radius 2 is 1.09 bits per heavy atom. The molecule has 2 N–H and O–H groups in total. The van der Waals surface area contributed by atoms with Crippen molar-refractivity contribution in [1.29, 1.82) is 5.41 Å². The van der Waals surface area contributed by atoms with Gasteiger partial charge in [-0.15, -0.1) is 0 Å². The summed E-state index contributed by atoms with van der Waals surface area (Å²) < 4.78 is 14.0. The molecule has 0 saturated carbocycles. The highest BCUT2D eigenvalue weighted by Crippen LogP contribution is 2.36. The number of nitrogens with zero attached hydrogens (tertiary/aromatic N) is 2. The molecule has 45 heavy (non-hydrogen) atoms. The van der Waals surface area contributed by atoms with Crippen LogP contribution in [0.2, 0.25) is 0 Å². The fourth-order valence-corrected chi connectivity index (χ4v) is 6.58. The average molecular weight is 583 g/mol. The third-order valence-corrected chi connectivity index (χ3v) is 8.70. The number of para-hydroxylation sites is 3. The lowest BCUT2D eigenvalue weighted by molar-refractivity contribution is 0.668. The molecule has 3 aromatic heterocycles. The van der Waals surface area contributed by atoms with E-state index in [1.165, 1.54) is 0 Å². The zero-order valence-electron chi connectivity index (χ0n) is 24.3. The number of rotatable bonds is 2. The van der Waals surface area contributed by atoms with Crippen LogP contribution < -0.4 is 5.32 Å². The van der Waals surface area contributed by atoms with Gasteiger partial charge in [0.1, 0.15) is 28.2 Å². The molecule has 9 rings (SSSR count). The van der Waals surface area contributed by atoms with Crippen LogP contribution in [0.5, 0.6) is 0 Å². The maximum Gasteiger partial charge on any atom is 0.229 e. The van der Waals surface area contributed by atoms with Gasteiger partial charge in [-0.05, 0) is 71.8 Å². The summed E-state index contributed by atoms with van der Waals surface area (Å²) in [5.74, 6) is 0.733. The van der Waals surface area contributed by atoms with Crippen LogP contribution in [-0.4, -0.2) is 23.4 Å². The Balaban J connectivity index is 1.16. The van der Waals surface area contributed by atoms with E-state index < -0.39 is 0 Å². The number of aliphatic imine (C=N–C) groups is 1. The van der Waals surface area contributed by atoms with Gasteiger partial charge in [-0.25, -0.2) is 0 Å². The standard InChI is InChI=1S/C39H26N4O2/c1-41-38(25-16-19-37-31(22-25)28-10-4-7-13-35(28)45-37)42-39(40)43-32-11-5-2-8-26(32)29-20-23(14-17-33(29)43)24-15-18-36-30(21-24)27-9-3-6-12-34(27)44-36/h2-22H,1H3,(H2,40,41,42). The molecule has 3 heterocycles. The molecule has 0 bridgehead atoms. The minimum Gasteiger partial charge on any atom is -0.456 e. The fraction of sp³-hybridized carbons (Fsp3) is 0.0256. The molecule has 0 saturated heterocycles. The molecule has 0 aliphatic heterocycles. The van der Waals surface area contributed by atoms with Gasteiger partial charge in [0.25, 0.3) is 0 Å². The summed E-state index contributed by atoms with van der Waals surface area (Å²) in [6.07, 6.45) is 0. The van der Waals surface area contributed by atoms with Crippen molar-refractivity contribution < 1.29 is 8.83 Å². The third-order valence-electron chi connectivity index (χ3n) is 8.70. The molecule has 214 valence electrons. The van der Waals surface area contributed by atoms with Gasteiger partial charge < -0.3 is 14.2 Å². The smallest absolute Gasteiger partial charge is 0.229 e. The van der Waals surface area contributed by atoms with E-state index in [0.29, 0.717) is 5.84 Å². The molecule has 6 heteroatoms. The molecular formula is C39H26N4O2. The van der Waals surface area contributed by atoms with E-state index in [4.69, 9.17) is 13.8 Å². The lowest BCUT2D eigenvalue weighted by atomic mass is 10.0. The number of furan rings is 2. The molecule has 0 spiro atoms. The molecule has 0 fully saturated rings. The van der Waals surface area contributed by atoms with Gasteiger partial charge in [-0.3, -0.25) is 9.98 Å². The molecule has 0 aliphatic carbocycles. The van der Waals surface area contributed by atoms with Crippen molar-refractivity contribution in [3.05, 3.63) is 133 Å². The van der Waals surface area contributed by atoms with E-state index in [2.05, 4.69) is 59.9 Å². The molecule has 0 unspecified atom stereocenters. The number of nitrogens with one attached hydrogen (secondary N) is 2. The van der Waals surface area contributed by atoms with E-state index in [1.54, 1.807) is 0 Å². The van der Waals surface area contributed by atoms with Gasteiger partial charge in [0.15, 0.2) is 0 Å². The number of amidine groups is 1. The first-order valence-electron chi connectivity index (χ1n) is 14.9. The number of hydrogen-bond acceptors (Lipinski definition) is 3. The second-order valence-electron chi connectivity index (χ2n) is 11.2.